The molecule has 0 saturated carbocycles. The van der Waals surface area contributed by atoms with Gasteiger partial charge in [-0.1, -0.05) is 20.3 Å². The number of nitriles is 1. The summed E-state index contributed by atoms with van der Waals surface area (Å²) in [5, 5.41) is 11.4. The van der Waals surface area contributed by atoms with Crippen molar-refractivity contribution >= 4 is 11.8 Å². The van der Waals surface area contributed by atoms with Gasteiger partial charge >= 0.3 is 0 Å². The van der Waals surface area contributed by atoms with E-state index in [2.05, 4.69) is 5.32 Å². The smallest absolute Gasteiger partial charge is 0.240 e. The van der Waals surface area contributed by atoms with E-state index < -0.39 is 5.92 Å². The Morgan fingerprint density at radius 3 is 2.41 bits per heavy atom. The second-order valence-corrected chi connectivity index (χ2v) is 3.90. The van der Waals surface area contributed by atoms with Crippen molar-refractivity contribution in [3.63, 3.8) is 0 Å². The first-order valence-electron chi connectivity index (χ1n) is 5.99. The minimum absolute atomic E-state index is 0.0328. The molecule has 0 aliphatic rings. The number of carbonyl (C=O) groups excluding carboxylic acids is 2. The number of likely N-dealkylation sites (N-methyl/N-ethyl adjacent to an activating group) is 1. The van der Waals surface area contributed by atoms with E-state index in [1.54, 1.807) is 0 Å². The molecule has 0 aliphatic carbocycles. The average Bonchev–Trinajstić information content (AvgIpc) is 2.34. The molecule has 0 saturated heterocycles. The van der Waals surface area contributed by atoms with Gasteiger partial charge in [0, 0.05) is 13.6 Å². The summed E-state index contributed by atoms with van der Waals surface area (Å²) < 4.78 is 0. The number of carbonyl (C=O) groups is 2. The maximum absolute atomic E-state index is 12.0. The zero-order chi connectivity index (χ0) is 13.3. The summed E-state index contributed by atoms with van der Waals surface area (Å²) in [5.41, 5.74) is 0. The Labute approximate surface area is 103 Å². The molecule has 96 valence electrons. The molecule has 17 heavy (non-hydrogen) atoms. The summed E-state index contributed by atoms with van der Waals surface area (Å²) in [6.45, 7) is 4.41. The normalized spacial score (nSPS) is 11.4. The Hall–Kier alpha value is -1.57. The minimum atomic E-state index is -0.629. The third-order valence-electron chi connectivity index (χ3n) is 2.45. The molecule has 1 N–H and O–H groups in total. The summed E-state index contributed by atoms with van der Waals surface area (Å²) >= 11 is 0. The fraction of sp³-hybridized carbons (Fsp3) is 0.750. The van der Waals surface area contributed by atoms with Crippen LogP contribution in [-0.2, 0) is 9.59 Å². The van der Waals surface area contributed by atoms with E-state index in [-0.39, 0.29) is 18.4 Å². The predicted molar refractivity (Wildman–Crippen MR) is 64.9 cm³/mol. The van der Waals surface area contributed by atoms with Crippen molar-refractivity contribution in [3.05, 3.63) is 0 Å². The molecule has 0 radical (unpaired) electrons. The van der Waals surface area contributed by atoms with Crippen LogP contribution < -0.4 is 5.32 Å². The first-order chi connectivity index (χ1) is 8.10. The standard InChI is InChI=1S/C12H21N3O2/c1-4-6-10(8-13)12(17)15(7-5-2)9-11(16)14-3/h10H,4-7,9H2,1-3H3,(H,14,16). The van der Waals surface area contributed by atoms with Crippen LogP contribution in [0.4, 0.5) is 0 Å². The van der Waals surface area contributed by atoms with Crippen LogP contribution >= 0.6 is 0 Å². The molecule has 0 aromatic carbocycles. The van der Waals surface area contributed by atoms with E-state index >= 15 is 0 Å². The van der Waals surface area contributed by atoms with Gasteiger partial charge in [-0.2, -0.15) is 5.26 Å². The van der Waals surface area contributed by atoms with Crippen LogP contribution in [0.15, 0.2) is 0 Å². The monoisotopic (exact) mass is 239 g/mol. The van der Waals surface area contributed by atoms with Gasteiger partial charge in [-0.15, -0.1) is 0 Å². The van der Waals surface area contributed by atoms with Gasteiger partial charge in [0.2, 0.25) is 11.8 Å². The molecule has 0 aliphatic heterocycles. The lowest BCUT2D eigenvalue weighted by atomic mass is 10.0. The van der Waals surface area contributed by atoms with Crippen molar-refractivity contribution < 1.29 is 9.59 Å². The van der Waals surface area contributed by atoms with E-state index in [9.17, 15) is 9.59 Å². The molecule has 1 atom stereocenters. The van der Waals surface area contributed by atoms with Crippen molar-refractivity contribution in [2.75, 3.05) is 20.1 Å². The molecule has 2 amide bonds. The van der Waals surface area contributed by atoms with Crippen LogP contribution in [0.2, 0.25) is 0 Å². The van der Waals surface area contributed by atoms with Crippen LogP contribution in [0.3, 0.4) is 0 Å². The molecular formula is C12H21N3O2. The van der Waals surface area contributed by atoms with E-state index in [1.165, 1.54) is 11.9 Å². The highest BCUT2D eigenvalue weighted by Crippen LogP contribution is 2.10. The van der Waals surface area contributed by atoms with E-state index in [4.69, 9.17) is 5.26 Å². The summed E-state index contributed by atoms with van der Waals surface area (Å²) in [4.78, 5) is 24.8. The fourth-order valence-corrected chi connectivity index (χ4v) is 1.54. The molecule has 0 heterocycles. The van der Waals surface area contributed by atoms with Gasteiger partial charge in [0.15, 0.2) is 0 Å². The molecule has 1 unspecified atom stereocenters. The quantitative estimate of drug-likeness (QED) is 0.717. The summed E-state index contributed by atoms with van der Waals surface area (Å²) in [6, 6.07) is 2.01. The lowest BCUT2D eigenvalue weighted by molar-refractivity contribution is -0.138. The topological polar surface area (TPSA) is 73.2 Å². The van der Waals surface area contributed by atoms with Crippen LogP contribution in [0.1, 0.15) is 33.1 Å². The number of amides is 2. The van der Waals surface area contributed by atoms with Crippen LogP contribution in [0.25, 0.3) is 0 Å². The van der Waals surface area contributed by atoms with Gasteiger partial charge in [-0.3, -0.25) is 9.59 Å². The number of nitrogens with zero attached hydrogens (tertiary/aromatic N) is 2. The average molecular weight is 239 g/mol. The lowest BCUT2D eigenvalue weighted by Gasteiger charge is -2.23. The van der Waals surface area contributed by atoms with Crippen LogP contribution in [-0.4, -0.2) is 36.9 Å². The third-order valence-corrected chi connectivity index (χ3v) is 2.45. The molecule has 0 bridgehead atoms. The van der Waals surface area contributed by atoms with Crippen LogP contribution in [0, 0.1) is 17.2 Å². The van der Waals surface area contributed by atoms with Crippen molar-refractivity contribution in [2.24, 2.45) is 5.92 Å². The predicted octanol–water partition coefficient (Wildman–Crippen LogP) is 0.911. The van der Waals surface area contributed by atoms with Crippen molar-refractivity contribution in [1.82, 2.24) is 10.2 Å². The number of hydrogen-bond donors (Lipinski definition) is 1. The Kier molecular flexibility index (Phi) is 7.78. The van der Waals surface area contributed by atoms with E-state index in [1.807, 2.05) is 19.9 Å². The van der Waals surface area contributed by atoms with Gasteiger partial charge in [-0.25, -0.2) is 0 Å². The third kappa shape index (κ3) is 5.34. The van der Waals surface area contributed by atoms with Crippen molar-refractivity contribution in [2.45, 2.75) is 33.1 Å². The highest BCUT2D eigenvalue weighted by Gasteiger charge is 2.24. The zero-order valence-electron chi connectivity index (χ0n) is 10.8. The van der Waals surface area contributed by atoms with Gasteiger partial charge < -0.3 is 10.2 Å². The molecule has 5 heteroatoms. The highest BCUT2D eigenvalue weighted by molar-refractivity contribution is 5.86. The number of rotatable bonds is 7. The van der Waals surface area contributed by atoms with Gasteiger partial charge in [-0.05, 0) is 12.8 Å². The van der Waals surface area contributed by atoms with Crippen LogP contribution in [0.5, 0.6) is 0 Å². The molecular weight excluding hydrogens is 218 g/mol. The van der Waals surface area contributed by atoms with Gasteiger partial charge in [0.05, 0.1) is 12.6 Å². The Morgan fingerprint density at radius 1 is 1.35 bits per heavy atom. The number of hydrogen-bond acceptors (Lipinski definition) is 3. The first-order valence-corrected chi connectivity index (χ1v) is 5.99. The summed E-state index contributed by atoms with van der Waals surface area (Å²) in [5.74, 6) is -1.07. The molecule has 0 aromatic heterocycles. The maximum atomic E-state index is 12.0. The Bertz CT molecular complexity index is 297. The first kappa shape index (κ1) is 15.4. The lowest BCUT2D eigenvalue weighted by Crippen LogP contribution is -2.42. The molecule has 0 rings (SSSR count). The molecule has 5 nitrogen and oxygen atoms in total. The van der Waals surface area contributed by atoms with Crippen molar-refractivity contribution in [1.29, 1.82) is 5.26 Å². The molecule has 0 aromatic rings. The summed E-state index contributed by atoms with van der Waals surface area (Å²) in [7, 11) is 1.53. The van der Waals surface area contributed by atoms with E-state index in [0.717, 1.165) is 12.8 Å². The fourth-order valence-electron chi connectivity index (χ4n) is 1.54. The number of nitrogens with one attached hydrogen (secondary N) is 1. The van der Waals surface area contributed by atoms with Gasteiger partial charge in [0.25, 0.3) is 0 Å². The maximum Gasteiger partial charge on any atom is 0.240 e. The summed E-state index contributed by atoms with van der Waals surface area (Å²) in [6.07, 6.45) is 2.10. The highest BCUT2D eigenvalue weighted by atomic mass is 16.2. The van der Waals surface area contributed by atoms with E-state index in [0.29, 0.717) is 13.0 Å². The molecule has 0 spiro atoms. The molecule has 0 fully saturated rings. The Morgan fingerprint density at radius 2 is 2.00 bits per heavy atom. The SMILES string of the molecule is CCCC(C#N)C(=O)N(CCC)CC(=O)NC. The van der Waals surface area contributed by atoms with Crippen molar-refractivity contribution in [3.8, 4) is 6.07 Å². The van der Waals surface area contributed by atoms with Gasteiger partial charge in [0.1, 0.15) is 5.92 Å². The second kappa shape index (κ2) is 8.57. The second-order valence-electron chi connectivity index (χ2n) is 3.90. The Balaban J connectivity index is 4.62. The minimum Gasteiger partial charge on any atom is -0.358 e. The zero-order valence-corrected chi connectivity index (χ0v) is 10.8. The largest absolute Gasteiger partial charge is 0.358 e.